The van der Waals surface area contributed by atoms with Gasteiger partial charge in [0.1, 0.15) is 5.75 Å². The van der Waals surface area contributed by atoms with Crippen molar-refractivity contribution in [1.29, 1.82) is 0 Å². The number of esters is 1. The number of sulfonamides is 1. The number of hydrogen-bond donors (Lipinski definition) is 2. The maximum Gasteiger partial charge on any atom is 0.338 e. The van der Waals surface area contributed by atoms with Gasteiger partial charge in [-0.2, -0.15) is 0 Å². The number of fused-ring (bicyclic) bond motifs is 1. The van der Waals surface area contributed by atoms with Crippen LogP contribution in [0.2, 0.25) is 0 Å². The van der Waals surface area contributed by atoms with Gasteiger partial charge in [0.15, 0.2) is 6.10 Å². The summed E-state index contributed by atoms with van der Waals surface area (Å²) in [5.41, 5.74) is 1.04. The zero-order valence-corrected chi connectivity index (χ0v) is 17.6. The second-order valence-electron chi connectivity index (χ2n) is 6.81. The third-order valence-corrected chi connectivity index (χ3v) is 6.22. The van der Waals surface area contributed by atoms with E-state index in [-0.39, 0.29) is 23.0 Å². The molecule has 0 saturated carbocycles. The Balaban J connectivity index is 1.61. The van der Waals surface area contributed by atoms with E-state index in [4.69, 9.17) is 9.47 Å². The fraction of sp³-hybridized carbons (Fsp3) is 0.333. The Morgan fingerprint density at radius 1 is 1.17 bits per heavy atom. The van der Waals surface area contributed by atoms with Gasteiger partial charge >= 0.3 is 5.97 Å². The van der Waals surface area contributed by atoms with Crippen molar-refractivity contribution in [3.63, 3.8) is 0 Å². The first kappa shape index (κ1) is 21.8. The van der Waals surface area contributed by atoms with Crippen LogP contribution in [0.25, 0.3) is 0 Å². The molecule has 2 N–H and O–H groups in total. The van der Waals surface area contributed by atoms with Gasteiger partial charge in [-0.3, -0.25) is 4.79 Å². The second kappa shape index (κ2) is 9.27. The van der Waals surface area contributed by atoms with Gasteiger partial charge in [-0.05, 0) is 37.3 Å². The monoisotopic (exact) mass is 432 g/mol. The summed E-state index contributed by atoms with van der Waals surface area (Å²) in [5.74, 6) is -0.403. The van der Waals surface area contributed by atoms with Crippen molar-refractivity contribution in [3.8, 4) is 5.75 Å². The van der Waals surface area contributed by atoms with Crippen LogP contribution in [0.3, 0.4) is 0 Å². The minimum absolute atomic E-state index is 0.0462. The number of hydrogen-bond acceptors (Lipinski definition) is 6. The van der Waals surface area contributed by atoms with Crippen molar-refractivity contribution in [3.05, 3.63) is 59.7 Å². The van der Waals surface area contributed by atoms with Gasteiger partial charge < -0.3 is 14.8 Å². The highest BCUT2D eigenvalue weighted by atomic mass is 32.2. The minimum Gasteiger partial charge on any atom is -0.493 e. The van der Waals surface area contributed by atoms with Crippen LogP contribution in [0, 0.1) is 0 Å². The van der Waals surface area contributed by atoms with E-state index in [1.807, 2.05) is 24.3 Å². The molecule has 0 bridgehead atoms. The first-order valence-corrected chi connectivity index (χ1v) is 11.1. The summed E-state index contributed by atoms with van der Waals surface area (Å²) in [5, 5.41) is 2.89. The molecule has 3 rings (SSSR count). The third-order valence-electron chi connectivity index (χ3n) is 4.66. The van der Waals surface area contributed by atoms with Gasteiger partial charge in [0.2, 0.25) is 10.0 Å². The quantitative estimate of drug-likeness (QED) is 0.649. The van der Waals surface area contributed by atoms with E-state index < -0.39 is 28.0 Å². The van der Waals surface area contributed by atoms with Gasteiger partial charge in [-0.1, -0.05) is 25.1 Å². The molecule has 1 aliphatic heterocycles. The van der Waals surface area contributed by atoms with Crippen molar-refractivity contribution >= 4 is 21.9 Å². The molecule has 0 aromatic heterocycles. The Kier molecular flexibility index (Phi) is 6.73. The Morgan fingerprint density at radius 2 is 1.87 bits per heavy atom. The molecule has 0 fully saturated rings. The third kappa shape index (κ3) is 4.98. The van der Waals surface area contributed by atoms with E-state index in [9.17, 15) is 18.0 Å². The van der Waals surface area contributed by atoms with Crippen LogP contribution in [0.1, 0.15) is 42.2 Å². The number of nitrogens with one attached hydrogen (secondary N) is 2. The van der Waals surface area contributed by atoms with Crippen LogP contribution >= 0.6 is 0 Å². The lowest BCUT2D eigenvalue weighted by Gasteiger charge is -2.27. The van der Waals surface area contributed by atoms with E-state index in [1.165, 1.54) is 31.2 Å². The average Bonchev–Trinajstić information content (AvgIpc) is 2.74. The van der Waals surface area contributed by atoms with Crippen molar-refractivity contribution in [2.24, 2.45) is 0 Å². The maximum atomic E-state index is 12.5. The summed E-state index contributed by atoms with van der Waals surface area (Å²) >= 11 is 0. The molecule has 1 amide bonds. The first-order valence-electron chi connectivity index (χ1n) is 9.64. The molecule has 2 aromatic carbocycles. The van der Waals surface area contributed by atoms with Crippen molar-refractivity contribution in [2.75, 3.05) is 13.2 Å². The van der Waals surface area contributed by atoms with Crippen molar-refractivity contribution in [1.82, 2.24) is 10.0 Å². The maximum absolute atomic E-state index is 12.5. The van der Waals surface area contributed by atoms with E-state index in [0.717, 1.165) is 11.3 Å². The fourth-order valence-corrected chi connectivity index (χ4v) is 4.15. The number of carbonyl (C=O) groups excluding carboxylic acids is 2. The molecule has 0 radical (unpaired) electrons. The van der Waals surface area contributed by atoms with Gasteiger partial charge in [-0.15, -0.1) is 0 Å². The van der Waals surface area contributed by atoms with Crippen LogP contribution in [0.15, 0.2) is 53.4 Å². The van der Waals surface area contributed by atoms with Crippen molar-refractivity contribution < 1.29 is 27.5 Å². The fourth-order valence-electron chi connectivity index (χ4n) is 3.11. The number of amides is 1. The lowest BCUT2D eigenvalue weighted by atomic mass is 10.0. The summed E-state index contributed by atoms with van der Waals surface area (Å²) in [7, 11) is -3.61. The van der Waals surface area contributed by atoms with Crippen LogP contribution in [-0.2, 0) is 19.6 Å². The largest absolute Gasteiger partial charge is 0.493 e. The summed E-state index contributed by atoms with van der Waals surface area (Å²) < 4.78 is 37.1. The highest BCUT2D eigenvalue weighted by Gasteiger charge is 2.26. The molecule has 8 nitrogen and oxygen atoms in total. The Labute approximate surface area is 175 Å². The van der Waals surface area contributed by atoms with E-state index in [0.29, 0.717) is 13.0 Å². The molecule has 2 atom stereocenters. The van der Waals surface area contributed by atoms with E-state index in [2.05, 4.69) is 10.0 Å². The molecule has 1 heterocycles. The smallest absolute Gasteiger partial charge is 0.338 e. The summed E-state index contributed by atoms with van der Waals surface area (Å²) in [6, 6.07) is 12.6. The molecule has 160 valence electrons. The molecule has 30 heavy (non-hydrogen) atoms. The molecular weight excluding hydrogens is 408 g/mol. The average molecular weight is 432 g/mol. The zero-order valence-electron chi connectivity index (χ0n) is 16.8. The van der Waals surface area contributed by atoms with E-state index >= 15 is 0 Å². The molecule has 2 unspecified atom stereocenters. The van der Waals surface area contributed by atoms with Crippen molar-refractivity contribution in [2.45, 2.75) is 37.3 Å². The standard InChI is InChI=1S/C21H24N2O6S/c1-3-22-30(26,27)16-10-8-15(9-11-16)21(25)29-14(2)20(24)23-18-12-13-28-19-7-5-4-6-17(18)19/h4-11,14,18,22H,3,12-13H2,1-2H3,(H,23,24). The summed E-state index contributed by atoms with van der Waals surface area (Å²) in [6.45, 7) is 3.91. The molecule has 0 spiro atoms. The van der Waals surface area contributed by atoms with Gasteiger partial charge in [-0.25, -0.2) is 17.9 Å². The molecule has 1 aliphatic rings. The summed E-state index contributed by atoms with van der Waals surface area (Å²) in [6.07, 6.45) is -0.400. The van der Waals surface area contributed by atoms with Crippen LogP contribution in [0.4, 0.5) is 0 Å². The molecular formula is C21H24N2O6S. The number of rotatable bonds is 7. The van der Waals surface area contributed by atoms with E-state index in [1.54, 1.807) is 6.92 Å². The topological polar surface area (TPSA) is 111 Å². The predicted octanol–water partition coefficient (Wildman–Crippen LogP) is 2.17. The second-order valence-corrected chi connectivity index (χ2v) is 8.58. The lowest BCUT2D eigenvalue weighted by molar-refractivity contribution is -0.130. The van der Waals surface area contributed by atoms with Gasteiger partial charge in [0.05, 0.1) is 23.1 Å². The highest BCUT2D eigenvalue weighted by Crippen LogP contribution is 2.31. The molecule has 2 aromatic rings. The van der Waals surface area contributed by atoms with Gasteiger partial charge in [0, 0.05) is 18.5 Å². The van der Waals surface area contributed by atoms with Crippen LogP contribution < -0.4 is 14.8 Å². The Hall–Kier alpha value is -2.91. The minimum atomic E-state index is -3.61. The first-order chi connectivity index (χ1) is 14.3. The highest BCUT2D eigenvalue weighted by molar-refractivity contribution is 7.89. The Morgan fingerprint density at radius 3 is 2.57 bits per heavy atom. The normalized spacial score (nSPS) is 16.7. The number of para-hydroxylation sites is 1. The molecule has 0 saturated heterocycles. The number of benzene rings is 2. The van der Waals surface area contributed by atoms with Gasteiger partial charge in [0.25, 0.3) is 5.91 Å². The lowest BCUT2D eigenvalue weighted by Crippen LogP contribution is -2.39. The zero-order chi connectivity index (χ0) is 21.7. The van der Waals surface area contributed by atoms with Crippen LogP contribution in [0.5, 0.6) is 5.75 Å². The molecule has 0 aliphatic carbocycles. The Bertz CT molecular complexity index is 1020. The number of carbonyl (C=O) groups is 2. The van der Waals surface area contributed by atoms with Crippen LogP contribution in [-0.4, -0.2) is 39.5 Å². The number of ether oxygens (including phenoxy) is 2. The predicted molar refractivity (Wildman–Crippen MR) is 110 cm³/mol. The molecule has 9 heteroatoms. The SMILES string of the molecule is CCNS(=O)(=O)c1ccc(C(=O)OC(C)C(=O)NC2CCOc3ccccc32)cc1. The summed E-state index contributed by atoms with van der Waals surface area (Å²) in [4.78, 5) is 24.9.